The Kier molecular flexibility index (Phi) is 5.29. The molecule has 0 heterocycles. The largest absolute Gasteiger partial charge is 0.495 e. The molecule has 0 aliphatic carbocycles. The van der Waals surface area contributed by atoms with Crippen LogP contribution in [0.25, 0.3) is 0 Å². The summed E-state index contributed by atoms with van der Waals surface area (Å²) in [5, 5.41) is 7.74. The Balaban J connectivity index is 1.99. The molecule has 0 bridgehead atoms. The number of hydrazone groups is 1. The SMILES string of the molecule is COc1ccccc1NC(=S)N/N=C(\C)c1ccccc1. The molecular formula is C16H17N3OS. The van der Waals surface area contributed by atoms with Crippen LogP contribution in [0.15, 0.2) is 59.7 Å². The minimum atomic E-state index is 0.412. The lowest BCUT2D eigenvalue weighted by molar-refractivity contribution is 0.417. The molecule has 0 aliphatic heterocycles. The predicted octanol–water partition coefficient (Wildman–Crippen LogP) is 3.41. The molecule has 0 saturated heterocycles. The number of ether oxygens (including phenoxy) is 1. The van der Waals surface area contributed by atoms with Gasteiger partial charge < -0.3 is 10.1 Å². The molecule has 0 radical (unpaired) electrons. The normalized spacial score (nSPS) is 10.9. The smallest absolute Gasteiger partial charge is 0.191 e. The summed E-state index contributed by atoms with van der Waals surface area (Å²) >= 11 is 5.23. The molecule has 2 N–H and O–H groups in total. The Morgan fingerprint density at radius 2 is 1.71 bits per heavy atom. The number of anilines is 1. The van der Waals surface area contributed by atoms with Gasteiger partial charge in [0.25, 0.3) is 0 Å². The molecule has 108 valence electrons. The third-order valence-electron chi connectivity index (χ3n) is 2.87. The number of benzene rings is 2. The van der Waals surface area contributed by atoms with Crippen LogP contribution in [-0.4, -0.2) is 17.9 Å². The highest BCUT2D eigenvalue weighted by molar-refractivity contribution is 7.80. The molecule has 2 rings (SSSR count). The molecule has 2 aromatic carbocycles. The lowest BCUT2D eigenvalue weighted by atomic mass is 10.1. The van der Waals surface area contributed by atoms with Gasteiger partial charge in [-0.3, -0.25) is 5.43 Å². The van der Waals surface area contributed by atoms with Gasteiger partial charge in [-0.2, -0.15) is 5.10 Å². The van der Waals surface area contributed by atoms with Crippen LogP contribution in [0.4, 0.5) is 5.69 Å². The molecule has 0 saturated carbocycles. The van der Waals surface area contributed by atoms with Gasteiger partial charge in [-0.1, -0.05) is 42.5 Å². The molecule has 0 spiro atoms. The average Bonchev–Trinajstić information content (AvgIpc) is 2.54. The van der Waals surface area contributed by atoms with E-state index in [0.29, 0.717) is 5.11 Å². The number of thiocarbonyl (C=S) groups is 1. The van der Waals surface area contributed by atoms with Gasteiger partial charge in [-0.15, -0.1) is 0 Å². The zero-order valence-corrected chi connectivity index (χ0v) is 12.8. The lowest BCUT2D eigenvalue weighted by Crippen LogP contribution is -2.25. The number of nitrogens with zero attached hydrogens (tertiary/aromatic N) is 1. The van der Waals surface area contributed by atoms with Gasteiger partial charge >= 0.3 is 0 Å². The topological polar surface area (TPSA) is 45.6 Å². The average molecular weight is 299 g/mol. The van der Waals surface area contributed by atoms with E-state index < -0.39 is 0 Å². The van der Waals surface area contributed by atoms with Crippen molar-refractivity contribution in [1.29, 1.82) is 0 Å². The van der Waals surface area contributed by atoms with Crippen LogP contribution < -0.4 is 15.5 Å². The second-order valence-electron chi connectivity index (χ2n) is 4.33. The van der Waals surface area contributed by atoms with E-state index in [1.54, 1.807) is 7.11 Å². The van der Waals surface area contributed by atoms with E-state index in [4.69, 9.17) is 17.0 Å². The predicted molar refractivity (Wildman–Crippen MR) is 91.0 cm³/mol. The summed E-state index contributed by atoms with van der Waals surface area (Å²) in [5.74, 6) is 0.727. The van der Waals surface area contributed by atoms with Gasteiger partial charge in [0.05, 0.1) is 18.5 Å². The standard InChI is InChI=1S/C16H17N3OS/c1-12(13-8-4-3-5-9-13)18-19-16(21)17-14-10-6-7-11-15(14)20-2/h3-11H,1-2H3,(H2,17,19,21)/b18-12+. The van der Waals surface area contributed by atoms with Crippen LogP contribution >= 0.6 is 12.2 Å². The Bertz CT molecular complexity index is 641. The van der Waals surface area contributed by atoms with E-state index in [-0.39, 0.29) is 0 Å². The summed E-state index contributed by atoms with van der Waals surface area (Å²) in [5.41, 5.74) is 5.54. The molecule has 0 aliphatic rings. The van der Waals surface area contributed by atoms with Crippen molar-refractivity contribution in [3.63, 3.8) is 0 Å². The first-order valence-electron chi connectivity index (χ1n) is 6.50. The Morgan fingerprint density at radius 3 is 2.43 bits per heavy atom. The van der Waals surface area contributed by atoms with E-state index in [0.717, 1.165) is 22.7 Å². The van der Waals surface area contributed by atoms with E-state index in [9.17, 15) is 0 Å². The fourth-order valence-corrected chi connectivity index (χ4v) is 1.93. The Labute approximate surface area is 129 Å². The molecular weight excluding hydrogens is 282 g/mol. The van der Waals surface area contributed by atoms with Gasteiger partial charge in [0.1, 0.15) is 5.75 Å². The Hall–Kier alpha value is -2.40. The van der Waals surface area contributed by atoms with E-state index in [1.807, 2.05) is 61.5 Å². The molecule has 0 amide bonds. The van der Waals surface area contributed by atoms with Crippen molar-refractivity contribution in [1.82, 2.24) is 5.43 Å². The summed E-state index contributed by atoms with van der Waals surface area (Å²) in [7, 11) is 1.62. The Morgan fingerprint density at radius 1 is 1.05 bits per heavy atom. The first-order chi connectivity index (χ1) is 10.2. The lowest BCUT2D eigenvalue weighted by Gasteiger charge is -2.11. The number of rotatable bonds is 4. The fraction of sp³-hybridized carbons (Fsp3) is 0.125. The van der Waals surface area contributed by atoms with Crippen molar-refractivity contribution in [2.75, 3.05) is 12.4 Å². The summed E-state index contributed by atoms with van der Waals surface area (Å²) in [6.45, 7) is 1.92. The van der Waals surface area contributed by atoms with Crippen LogP contribution in [0.3, 0.4) is 0 Å². The second kappa shape index (κ2) is 7.40. The van der Waals surface area contributed by atoms with Gasteiger partial charge in [-0.25, -0.2) is 0 Å². The van der Waals surface area contributed by atoms with E-state index >= 15 is 0 Å². The van der Waals surface area contributed by atoms with Gasteiger partial charge in [0, 0.05) is 0 Å². The molecule has 21 heavy (non-hydrogen) atoms. The second-order valence-corrected chi connectivity index (χ2v) is 4.74. The van der Waals surface area contributed by atoms with Crippen molar-refractivity contribution in [2.24, 2.45) is 5.10 Å². The highest BCUT2D eigenvalue weighted by Crippen LogP contribution is 2.22. The van der Waals surface area contributed by atoms with Crippen molar-refractivity contribution >= 4 is 28.7 Å². The fourth-order valence-electron chi connectivity index (χ4n) is 1.78. The molecule has 4 nitrogen and oxygen atoms in total. The maximum Gasteiger partial charge on any atom is 0.191 e. The summed E-state index contributed by atoms with van der Waals surface area (Å²) in [6.07, 6.45) is 0. The van der Waals surface area contributed by atoms with Crippen molar-refractivity contribution in [2.45, 2.75) is 6.92 Å². The zero-order chi connectivity index (χ0) is 15.1. The number of nitrogens with one attached hydrogen (secondary N) is 2. The zero-order valence-electron chi connectivity index (χ0n) is 12.0. The van der Waals surface area contributed by atoms with Gasteiger partial charge in [-0.05, 0) is 36.8 Å². The quantitative estimate of drug-likeness (QED) is 0.516. The number of hydrogen-bond donors (Lipinski definition) is 2. The minimum absolute atomic E-state index is 0.412. The highest BCUT2D eigenvalue weighted by Gasteiger charge is 2.03. The number of para-hydroxylation sites is 2. The molecule has 0 atom stereocenters. The van der Waals surface area contributed by atoms with Crippen LogP contribution in [0, 0.1) is 0 Å². The maximum absolute atomic E-state index is 5.26. The van der Waals surface area contributed by atoms with Crippen LogP contribution in [0.2, 0.25) is 0 Å². The summed E-state index contributed by atoms with van der Waals surface area (Å²) in [6, 6.07) is 17.5. The van der Waals surface area contributed by atoms with Crippen LogP contribution in [-0.2, 0) is 0 Å². The first kappa shape index (κ1) is 15.0. The molecule has 0 unspecified atom stereocenters. The molecule has 0 aromatic heterocycles. The van der Waals surface area contributed by atoms with E-state index in [1.165, 1.54) is 0 Å². The maximum atomic E-state index is 5.26. The van der Waals surface area contributed by atoms with Crippen molar-refractivity contribution in [3.05, 3.63) is 60.2 Å². The highest BCUT2D eigenvalue weighted by atomic mass is 32.1. The number of hydrogen-bond acceptors (Lipinski definition) is 3. The minimum Gasteiger partial charge on any atom is -0.495 e. The summed E-state index contributed by atoms with van der Waals surface area (Å²) in [4.78, 5) is 0. The molecule has 2 aromatic rings. The molecule has 0 fully saturated rings. The van der Waals surface area contributed by atoms with E-state index in [2.05, 4.69) is 15.8 Å². The van der Waals surface area contributed by atoms with Crippen molar-refractivity contribution in [3.8, 4) is 5.75 Å². The van der Waals surface area contributed by atoms with Crippen LogP contribution in [0.5, 0.6) is 5.75 Å². The first-order valence-corrected chi connectivity index (χ1v) is 6.91. The summed E-state index contributed by atoms with van der Waals surface area (Å²) < 4.78 is 5.26. The van der Waals surface area contributed by atoms with Crippen molar-refractivity contribution < 1.29 is 4.74 Å². The van der Waals surface area contributed by atoms with Crippen LogP contribution in [0.1, 0.15) is 12.5 Å². The third-order valence-corrected chi connectivity index (χ3v) is 3.07. The third kappa shape index (κ3) is 4.29. The monoisotopic (exact) mass is 299 g/mol. The van der Waals surface area contributed by atoms with Gasteiger partial charge in [0.2, 0.25) is 0 Å². The van der Waals surface area contributed by atoms with Gasteiger partial charge in [0.15, 0.2) is 5.11 Å². The molecule has 5 heteroatoms. The number of methoxy groups -OCH3 is 1.